The van der Waals surface area contributed by atoms with Crippen LogP contribution in [0.25, 0.3) is 0 Å². The summed E-state index contributed by atoms with van der Waals surface area (Å²) in [5, 5.41) is 0. The van der Waals surface area contributed by atoms with Crippen molar-refractivity contribution >= 4 is 28.6 Å². The van der Waals surface area contributed by atoms with Gasteiger partial charge < -0.3 is 4.74 Å². The van der Waals surface area contributed by atoms with Crippen molar-refractivity contribution in [2.45, 2.75) is 6.42 Å². The molecule has 13 heavy (non-hydrogen) atoms. The van der Waals surface area contributed by atoms with Crippen molar-refractivity contribution in [3.8, 4) is 0 Å². The van der Waals surface area contributed by atoms with Crippen LogP contribution < -0.4 is 0 Å². The molecule has 0 bridgehead atoms. The summed E-state index contributed by atoms with van der Waals surface area (Å²) in [6.45, 7) is 0. The molecule has 0 atom stereocenters. The van der Waals surface area contributed by atoms with Crippen molar-refractivity contribution in [3.63, 3.8) is 0 Å². The van der Waals surface area contributed by atoms with Crippen LogP contribution in [0, 0.1) is 9.52 Å². The molecule has 0 aliphatic rings. The van der Waals surface area contributed by atoms with Gasteiger partial charge >= 0.3 is 5.97 Å². The Morgan fingerprint density at radius 2 is 2.46 bits per heavy atom. The zero-order valence-electron chi connectivity index (χ0n) is 6.88. The van der Waals surface area contributed by atoms with Crippen molar-refractivity contribution in [2.24, 2.45) is 0 Å². The van der Waals surface area contributed by atoms with Crippen LogP contribution in [-0.2, 0) is 16.0 Å². The number of pyridine rings is 1. The van der Waals surface area contributed by atoms with Gasteiger partial charge in [0.25, 0.3) is 0 Å². The number of hydrogen-bond donors (Lipinski definition) is 0. The molecule has 0 fully saturated rings. The molecule has 0 aromatic carbocycles. The van der Waals surface area contributed by atoms with Crippen molar-refractivity contribution in [2.75, 3.05) is 7.11 Å². The van der Waals surface area contributed by atoms with Crippen molar-refractivity contribution < 1.29 is 13.9 Å². The third kappa shape index (κ3) is 2.91. The van der Waals surface area contributed by atoms with Crippen LogP contribution in [0.5, 0.6) is 0 Å². The molecule has 0 radical (unpaired) electrons. The maximum atomic E-state index is 12.7. The van der Waals surface area contributed by atoms with E-state index in [0.29, 0.717) is 9.13 Å². The third-order valence-electron chi connectivity index (χ3n) is 1.43. The maximum Gasteiger partial charge on any atom is 0.310 e. The van der Waals surface area contributed by atoms with Crippen LogP contribution in [0.15, 0.2) is 12.3 Å². The second kappa shape index (κ2) is 4.50. The van der Waals surface area contributed by atoms with Gasteiger partial charge in [-0.3, -0.25) is 4.79 Å². The number of carbonyl (C=O) groups excluding carboxylic acids is 1. The second-order valence-electron chi connectivity index (χ2n) is 2.37. The fourth-order valence-corrected chi connectivity index (χ4v) is 1.34. The lowest BCUT2D eigenvalue weighted by atomic mass is 10.2. The standard InChI is InChI=1S/C8H7FINO2/c1-13-7(12)3-5-2-6(10)8(9)11-4-5/h2,4H,3H2,1H3. The average Bonchev–Trinajstić information content (AvgIpc) is 2.11. The molecule has 70 valence electrons. The van der Waals surface area contributed by atoms with Crippen molar-refractivity contribution in [1.82, 2.24) is 4.98 Å². The second-order valence-corrected chi connectivity index (χ2v) is 3.53. The van der Waals surface area contributed by atoms with Gasteiger partial charge in [-0.25, -0.2) is 4.98 Å². The van der Waals surface area contributed by atoms with E-state index in [-0.39, 0.29) is 12.4 Å². The molecule has 1 aromatic rings. The van der Waals surface area contributed by atoms with Gasteiger partial charge in [-0.2, -0.15) is 4.39 Å². The number of rotatable bonds is 2. The Labute approximate surface area is 88.4 Å². The lowest BCUT2D eigenvalue weighted by molar-refractivity contribution is -0.139. The summed E-state index contributed by atoms with van der Waals surface area (Å²) < 4.78 is 17.5. The van der Waals surface area contributed by atoms with Gasteiger partial charge in [0.2, 0.25) is 5.95 Å². The fourth-order valence-electron chi connectivity index (χ4n) is 0.796. The molecule has 0 saturated carbocycles. The zero-order chi connectivity index (χ0) is 9.84. The molecule has 0 amide bonds. The summed E-state index contributed by atoms with van der Waals surface area (Å²) in [5.41, 5.74) is 0.651. The first kappa shape index (κ1) is 10.4. The lowest BCUT2D eigenvalue weighted by Gasteiger charge is -2.00. The van der Waals surface area contributed by atoms with Crippen LogP contribution in [0.1, 0.15) is 5.56 Å². The first-order valence-corrected chi connectivity index (χ1v) is 4.58. The average molecular weight is 295 g/mol. The Balaban J connectivity index is 2.79. The van der Waals surface area contributed by atoms with E-state index in [4.69, 9.17) is 0 Å². The number of ether oxygens (including phenoxy) is 1. The molecule has 0 spiro atoms. The van der Waals surface area contributed by atoms with E-state index in [1.54, 1.807) is 6.07 Å². The van der Waals surface area contributed by atoms with Crippen LogP contribution >= 0.6 is 22.6 Å². The van der Waals surface area contributed by atoms with E-state index in [1.165, 1.54) is 13.3 Å². The van der Waals surface area contributed by atoms with Crippen molar-refractivity contribution in [1.29, 1.82) is 0 Å². The molecule has 3 nitrogen and oxygen atoms in total. The van der Waals surface area contributed by atoms with Crippen LogP contribution in [0.3, 0.4) is 0 Å². The molecule has 1 heterocycles. The molecule has 0 N–H and O–H groups in total. The predicted octanol–water partition coefficient (Wildman–Crippen LogP) is 1.54. The zero-order valence-corrected chi connectivity index (χ0v) is 9.04. The van der Waals surface area contributed by atoms with Gasteiger partial charge in [-0.05, 0) is 34.2 Å². The first-order chi connectivity index (χ1) is 6.13. The highest BCUT2D eigenvalue weighted by Gasteiger charge is 2.06. The van der Waals surface area contributed by atoms with E-state index in [9.17, 15) is 9.18 Å². The summed E-state index contributed by atoms with van der Waals surface area (Å²) in [6.07, 6.45) is 1.45. The van der Waals surface area contributed by atoms with E-state index >= 15 is 0 Å². The number of aromatic nitrogens is 1. The topological polar surface area (TPSA) is 39.2 Å². The Bertz CT molecular complexity index is 330. The Morgan fingerprint density at radius 1 is 1.77 bits per heavy atom. The Morgan fingerprint density at radius 3 is 3.00 bits per heavy atom. The monoisotopic (exact) mass is 295 g/mol. The molecule has 5 heteroatoms. The molecule has 1 rings (SSSR count). The Hall–Kier alpha value is -0.720. The normalized spacial score (nSPS) is 9.77. The van der Waals surface area contributed by atoms with Gasteiger partial charge in [0.15, 0.2) is 0 Å². The molecular formula is C8H7FINO2. The summed E-state index contributed by atoms with van der Waals surface area (Å²) >= 11 is 1.82. The highest BCUT2D eigenvalue weighted by atomic mass is 127. The number of esters is 1. The molecule has 0 aliphatic carbocycles. The lowest BCUT2D eigenvalue weighted by Crippen LogP contribution is -2.05. The summed E-state index contributed by atoms with van der Waals surface area (Å²) in [7, 11) is 1.31. The molecule has 0 unspecified atom stereocenters. The predicted molar refractivity (Wildman–Crippen MR) is 52.6 cm³/mol. The minimum absolute atomic E-state index is 0.125. The van der Waals surface area contributed by atoms with Gasteiger partial charge in [-0.15, -0.1) is 0 Å². The van der Waals surface area contributed by atoms with E-state index < -0.39 is 5.95 Å². The summed E-state index contributed by atoms with van der Waals surface area (Å²) in [4.78, 5) is 14.3. The molecule has 0 saturated heterocycles. The number of halogens is 2. The first-order valence-electron chi connectivity index (χ1n) is 3.50. The largest absolute Gasteiger partial charge is 0.469 e. The van der Waals surface area contributed by atoms with Crippen LogP contribution in [0.4, 0.5) is 4.39 Å². The van der Waals surface area contributed by atoms with Gasteiger partial charge in [0.1, 0.15) is 0 Å². The number of methoxy groups -OCH3 is 1. The Kier molecular flexibility index (Phi) is 3.58. The minimum atomic E-state index is -0.519. The van der Waals surface area contributed by atoms with E-state index in [0.717, 1.165) is 0 Å². The highest BCUT2D eigenvalue weighted by Crippen LogP contribution is 2.10. The van der Waals surface area contributed by atoms with Gasteiger partial charge in [-0.1, -0.05) is 0 Å². The molecular weight excluding hydrogens is 288 g/mol. The summed E-state index contributed by atoms with van der Waals surface area (Å²) in [5.74, 6) is -0.876. The SMILES string of the molecule is COC(=O)Cc1cnc(F)c(I)c1. The van der Waals surface area contributed by atoms with Crippen LogP contribution in [-0.4, -0.2) is 18.1 Å². The highest BCUT2D eigenvalue weighted by molar-refractivity contribution is 14.1. The van der Waals surface area contributed by atoms with E-state index in [2.05, 4.69) is 9.72 Å². The summed E-state index contributed by atoms with van der Waals surface area (Å²) in [6, 6.07) is 1.57. The van der Waals surface area contributed by atoms with Crippen LogP contribution in [0.2, 0.25) is 0 Å². The van der Waals surface area contributed by atoms with Gasteiger partial charge in [0, 0.05) is 6.20 Å². The fraction of sp³-hybridized carbons (Fsp3) is 0.250. The minimum Gasteiger partial charge on any atom is -0.469 e. The molecule has 0 aliphatic heterocycles. The third-order valence-corrected chi connectivity index (χ3v) is 2.19. The van der Waals surface area contributed by atoms with E-state index in [1.807, 2.05) is 22.6 Å². The quantitative estimate of drug-likeness (QED) is 0.472. The number of carbonyl (C=O) groups is 1. The number of nitrogens with zero attached hydrogens (tertiary/aromatic N) is 1. The van der Waals surface area contributed by atoms with Crippen molar-refractivity contribution in [3.05, 3.63) is 27.3 Å². The number of hydrogen-bond acceptors (Lipinski definition) is 3. The molecule has 1 aromatic heterocycles. The maximum absolute atomic E-state index is 12.7. The van der Waals surface area contributed by atoms with Gasteiger partial charge in [0.05, 0.1) is 17.1 Å². The smallest absolute Gasteiger partial charge is 0.310 e.